The van der Waals surface area contributed by atoms with E-state index in [1.165, 1.54) is 18.4 Å². The van der Waals surface area contributed by atoms with Crippen molar-refractivity contribution in [2.75, 3.05) is 13.1 Å². The Balaban J connectivity index is 1.79. The van der Waals surface area contributed by atoms with E-state index in [0.717, 1.165) is 31.2 Å². The lowest BCUT2D eigenvalue weighted by molar-refractivity contribution is -0.0431. The second-order valence-corrected chi connectivity index (χ2v) is 6.31. The first kappa shape index (κ1) is 13.1. The number of piperidine rings is 1. The summed E-state index contributed by atoms with van der Waals surface area (Å²) >= 11 is 6.30. The topological polar surface area (TPSA) is 30.5 Å². The van der Waals surface area contributed by atoms with E-state index in [2.05, 4.69) is 11.4 Å². The highest BCUT2D eigenvalue weighted by Crippen LogP contribution is 2.45. The van der Waals surface area contributed by atoms with Crippen LogP contribution in [0.25, 0.3) is 0 Å². The number of hydrogen-bond acceptors (Lipinski definition) is 3. The van der Waals surface area contributed by atoms with Crippen LogP contribution in [-0.4, -0.2) is 18.9 Å². The fourth-order valence-electron chi connectivity index (χ4n) is 2.86. The van der Waals surface area contributed by atoms with Crippen LogP contribution in [0.4, 0.5) is 0 Å². The zero-order valence-electron chi connectivity index (χ0n) is 11.5. The molecular formula is C15H20ClNO2. The largest absolute Gasteiger partial charge is 0.449 e. The number of halogens is 1. The minimum atomic E-state index is -0.612. The van der Waals surface area contributed by atoms with Gasteiger partial charge in [0.2, 0.25) is 5.79 Å². The molecule has 104 valence electrons. The summed E-state index contributed by atoms with van der Waals surface area (Å²) in [5.41, 5.74) is 1.25. The van der Waals surface area contributed by atoms with E-state index in [-0.39, 0.29) is 0 Å². The Morgan fingerprint density at radius 2 is 2.00 bits per heavy atom. The molecule has 2 aliphatic rings. The van der Waals surface area contributed by atoms with Crippen molar-refractivity contribution in [2.45, 2.75) is 38.9 Å². The van der Waals surface area contributed by atoms with Crippen molar-refractivity contribution in [3.05, 3.63) is 22.7 Å². The minimum absolute atomic E-state index is 0.612. The van der Waals surface area contributed by atoms with Crippen LogP contribution in [0.15, 0.2) is 12.1 Å². The third-order valence-electron chi connectivity index (χ3n) is 3.76. The lowest BCUT2D eigenvalue weighted by Crippen LogP contribution is -2.29. The van der Waals surface area contributed by atoms with Crippen LogP contribution >= 0.6 is 11.6 Å². The highest BCUT2D eigenvalue weighted by molar-refractivity contribution is 6.32. The molecule has 0 aromatic heterocycles. The van der Waals surface area contributed by atoms with E-state index in [9.17, 15) is 0 Å². The highest BCUT2D eigenvalue weighted by atomic mass is 35.5. The average Bonchev–Trinajstić information content (AvgIpc) is 2.65. The number of nitrogens with one attached hydrogen (secondary N) is 1. The van der Waals surface area contributed by atoms with E-state index in [1.807, 2.05) is 19.9 Å². The quantitative estimate of drug-likeness (QED) is 0.901. The van der Waals surface area contributed by atoms with Crippen LogP contribution in [0.3, 0.4) is 0 Å². The van der Waals surface area contributed by atoms with Crippen molar-refractivity contribution < 1.29 is 9.47 Å². The van der Waals surface area contributed by atoms with Gasteiger partial charge in [-0.1, -0.05) is 11.6 Å². The molecule has 19 heavy (non-hydrogen) atoms. The van der Waals surface area contributed by atoms with E-state index in [0.29, 0.717) is 10.8 Å². The predicted octanol–water partition coefficient (Wildman–Crippen LogP) is 3.39. The number of hydrogen-bond donors (Lipinski definition) is 1. The molecule has 2 aliphatic heterocycles. The SMILES string of the molecule is CC1(C)Oc2cc(CC3CCNCC3)cc(Cl)c2O1. The second kappa shape index (κ2) is 4.88. The maximum atomic E-state index is 6.30. The summed E-state index contributed by atoms with van der Waals surface area (Å²) in [6.45, 7) is 6.04. The number of rotatable bonds is 2. The van der Waals surface area contributed by atoms with E-state index in [4.69, 9.17) is 21.1 Å². The Morgan fingerprint density at radius 3 is 2.74 bits per heavy atom. The van der Waals surface area contributed by atoms with Gasteiger partial charge in [0.1, 0.15) is 0 Å². The van der Waals surface area contributed by atoms with Crippen molar-refractivity contribution in [2.24, 2.45) is 5.92 Å². The summed E-state index contributed by atoms with van der Waals surface area (Å²) in [6.07, 6.45) is 3.54. The third kappa shape index (κ3) is 2.82. The highest BCUT2D eigenvalue weighted by Gasteiger charge is 2.33. The zero-order valence-corrected chi connectivity index (χ0v) is 12.2. The van der Waals surface area contributed by atoms with Crippen LogP contribution in [-0.2, 0) is 6.42 Å². The van der Waals surface area contributed by atoms with Gasteiger partial charge >= 0.3 is 0 Å². The van der Waals surface area contributed by atoms with Crippen molar-refractivity contribution >= 4 is 11.6 Å². The molecule has 0 saturated carbocycles. The van der Waals surface area contributed by atoms with Crippen LogP contribution in [0.5, 0.6) is 11.5 Å². The molecule has 1 aromatic carbocycles. The lowest BCUT2D eigenvalue weighted by Gasteiger charge is -2.22. The van der Waals surface area contributed by atoms with Crippen LogP contribution in [0.2, 0.25) is 5.02 Å². The van der Waals surface area contributed by atoms with E-state index >= 15 is 0 Å². The zero-order chi connectivity index (χ0) is 13.5. The maximum Gasteiger partial charge on any atom is 0.246 e. The summed E-state index contributed by atoms with van der Waals surface area (Å²) in [4.78, 5) is 0. The fourth-order valence-corrected chi connectivity index (χ4v) is 3.14. The standard InChI is InChI=1S/C15H20ClNO2/c1-15(2)18-13-9-11(8-12(16)14(13)19-15)7-10-3-5-17-6-4-10/h8-10,17H,3-7H2,1-2H3. The summed E-state index contributed by atoms with van der Waals surface area (Å²) in [5, 5.41) is 4.05. The Kier molecular flexibility index (Phi) is 3.35. The van der Waals surface area contributed by atoms with Gasteiger partial charge in [-0.3, -0.25) is 0 Å². The average molecular weight is 282 g/mol. The van der Waals surface area contributed by atoms with Gasteiger partial charge < -0.3 is 14.8 Å². The van der Waals surface area contributed by atoms with E-state index in [1.54, 1.807) is 0 Å². The fraction of sp³-hybridized carbons (Fsp3) is 0.600. The lowest BCUT2D eigenvalue weighted by atomic mass is 9.91. The molecule has 0 bridgehead atoms. The third-order valence-corrected chi connectivity index (χ3v) is 4.04. The Labute approximate surface area is 119 Å². The normalized spacial score (nSPS) is 21.6. The van der Waals surface area contributed by atoms with Gasteiger partial charge in [0.25, 0.3) is 0 Å². The molecule has 0 atom stereocenters. The van der Waals surface area contributed by atoms with Gasteiger partial charge in [0, 0.05) is 13.8 Å². The first-order valence-corrected chi connectivity index (χ1v) is 7.32. The van der Waals surface area contributed by atoms with Gasteiger partial charge in [-0.2, -0.15) is 0 Å². The molecule has 2 heterocycles. The summed E-state index contributed by atoms with van der Waals surface area (Å²) < 4.78 is 11.5. The first-order valence-electron chi connectivity index (χ1n) is 6.95. The van der Waals surface area contributed by atoms with Gasteiger partial charge in [-0.25, -0.2) is 0 Å². The van der Waals surface area contributed by atoms with Crippen molar-refractivity contribution in [3.63, 3.8) is 0 Å². The van der Waals surface area contributed by atoms with Crippen molar-refractivity contribution in [3.8, 4) is 11.5 Å². The maximum absolute atomic E-state index is 6.30. The monoisotopic (exact) mass is 281 g/mol. The molecule has 0 radical (unpaired) electrons. The number of fused-ring (bicyclic) bond motifs is 1. The molecule has 4 heteroatoms. The summed E-state index contributed by atoms with van der Waals surface area (Å²) in [5.74, 6) is 1.59. The smallest absolute Gasteiger partial charge is 0.246 e. The molecule has 0 amide bonds. The molecule has 0 unspecified atom stereocenters. The van der Waals surface area contributed by atoms with Gasteiger partial charge in [-0.15, -0.1) is 0 Å². The minimum Gasteiger partial charge on any atom is -0.449 e. The van der Waals surface area contributed by atoms with Crippen LogP contribution < -0.4 is 14.8 Å². The molecule has 0 aliphatic carbocycles. The van der Waals surface area contributed by atoms with E-state index < -0.39 is 5.79 Å². The summed E-state index contributed by atoms with van der Waals surface area (Å²) in [7, 11) is 0. The molecule has 1 aromatic rings. The van der Waals surface area contributed by atoms with Gasteiger partial charge in [0.15, 0.2) is 11.5 Å². The number of benzene rings is 1. The van der Waals surface area contributed by atoms with Crippen molar-refractivity contribution in [1.82, 2.24) is 5.32 Å². The molecular weight excluding hydrogens is 262 g/mol. The summed E-state index contributed by atoms with van der Waals surface area (Å²) in [6, 6.07) is 4.10. The number of ether oxygens (including phenoxy) is 2. The Bertz CT molecular complexity index is 481. The molecule has 1 N–H and O–H groups in total. The Hall–Kier alpha value is -0.930. The first-order chi connectivity index (χ1) is 9.03. The molecule has 0 spiro atoms. The van der Waals surface area contributed by atoms with Crippen molar-refractivity contribution in [1.29, 1.82) is 0 Å². The van der Waals surface area contributed by atoms with Crippen LogP contribution in [0, 0.1) is 5.92 Å². The predicted molar refractivity (Wildman–Crippen MR) is 76.1 cm³/mol. The molecule has 3 nitrogen and oxygen atoms in total. The van der Waals surface area contributed by atoms with Crippen LogP contribution in [0.1, 0.15) is 32.3 Å². The van der Waals surface area contributed by atoms with Gasteiger partial charge in [0.05, 0.1) is 5.02 Å². The Morgan fingerprint density at radius 1 is 1.26 bits per heavy atom. The van der Waals surface area contributed by atoms with Gasteiger partial charge in [-0.05, 0) is 56.0 Å². The second-order valence-electron chi connectivity index (χ2n) is 5.91. The molecule has 1 fully saturated rings. The molecule has 1 saturated heterocycles. The molecule has 3 rings (SSSR count).